The molecule has 0 amide bonds. The van der Waals surface area contributed by atoms with Gasteiger partial charge in [-0.3, -0.25) is 0 Å². The minimum absolute atomic E-state index is 0.281. The topological polar surface area (TPSA) is 37.0 Å². The van der Waals surface area contributed by atoms with Crippen LogP contribution in [0.5, 0.6) is 5.88 Å². The third-order valence-corrected chi connectivity index (χ3v) is 2.81. The van der Waals surface area contributed by atoms with E-state index < -0.39 is 0 Å². The van der Waals surface area contributed by atoms with Crippen molar-refractivity contribution in [3.05, 3.63) is 22.3 Å². The summed E-state index contributed by atoms with van der Waals surface area (Å²) >= 11 is 5.13. The maximum Gasteiger partial charge on any atom is 0.192 e. The first-order chi connectivity index (χ1) is 6.75. The molecule has 1 saturated heterocycles. The molecule has 1 fully saturated rings. The van der Waals surface area contributed by atoms with Gasteiger partial charge in [0.25, 0.3) is 0 Å². The van der Waals surface area contributed by atoms with Crippen LogP contribution in [0.15, 0.2) is 12.1 Å². The number of aromatic amines is 1. The van der Waals surface area contributed by atoms with Crippen molar-refractivity contribution in [1.82, 2.24) is 10.3 Å². The average molecular weight is 210 g/mol. The van der Waals surface area contributed by atoms with Crippen molar-refractivity contribution in [2.45, 2.75) is 19.4 Å². The van der Waals surface area contributed by atoms with Crippen molar-refractivity contribution >= 4 is 12.2 Å². The van der Waals surface area contributed by atoms with Gasteiger partial charge in [-0.15, -0.1) is 0 Å². The molecule has 2 rings (SSSR count). The molecule has 14 heavy (non-hydrogen) atoms. The highest BCUT2D eigenvalue weighted by molar-refractivity contribution is 7.71. The van der Waals surface area contributed by atoms with E-state index in [1.807, 2.05) is 19.1 Å². The lowest BCUT2D eigenvalue weighted by atomic mass is 10.3. The van der Waals surface area contributed by atoms with Gasteiger partial charge in [-0.25, -0.2) is 0 Å². The van der Waals surface area contributed by atoms with Crippen LogP contribution in [0.3, 0.4) is 0 Å². The Morgan fingerprint density at radius 3 is 3.00 bits per heavy atom. The van der Waals surface area contributed by atoms with Crippen LogP contribution in [0, 0.1) is 11.6 Å². The number of ether oxygens (including phenoxy) is 1. The molecule has 0 radical (unpaired) electrons. The minimum Gasteiger partial charge on any atom is -0.474 e. The number of rotatable bonds is 2. The molecule has 0 aromatic carbocycles. The van der Waals surface area contributed by atoms with Gasteiger partial charge in [0.2, 0.25) is 0 Å². The van der Waals surface area contributed by atoms with E-state index in [-0.39, 0.29) is 6.10 Å². The van der Waals surface area contributed by atoms with Crippen LogP contribution in [0.2, 0.25) is 0 Å². The molecule has 1 aromatic rings. The molecule has 2 heterocycles. The Bertz CT molecular complexity index is 369. The normalized spacial score (nSPS) is 21.1. The van der Waals surface area contributed by atoms with Gasteiger partial charge in [-0.05, 0) is 31.5 Å². The number of pyridine rings is 1. The summed E-state index contributed by atoms with van der Waals surface area (Å²) < 4.78 is 6.48. The zero-order valence-electron chi connectivity index (χ0n) is 8.17. The maximum absolute atomic E-state index is 5.73. The van der Waals surface area contributed by atoms with Gasteiger partial charge >= 0.3 is 0 Å². The molecule has 1 aliphatic heterocycles. The molecule has 0 bridgehead atoms. The molecule has 1 atom stereocenters. The van der Waals surface area contributed by atoms with Crippen LogP contribution in [0.4, 0.5) is 0 Å². The number of nitrogens with one attached hydrogen (secondary N) is 2. The summed E-state index contributed by atoms with van der Waals surface area (Å²) in [5, 5.41) is 3.25. The fourth-order valence-corrected chi connectivity index (χ4v) is 1.67. The number of hydrogen-bond acceptors (Lipinski definition) is 3. The van der Waals surface area contributed by atoms with Crippen LogP contribution in [0.1, 0.15) is 12.0 Å². The molecule has 0 aliphatic carbocycles. The maximum atomic E-state index is 5.73. The van der Waals surface area contributed by atoms with E-state index in [0.717, 1.165) is 35.6 Å². The smallest absolute Gasteiger partial charge is 0.192 e. The van der Waals surface area contributed by atoms with Crippen molar-refractivity contribution in [2.75, 3.05) is 13.1 Å². The summed E-state index contributed by atoms with van der Waals surface area (Å²) in [6.45, 7) is 3.95. The molecule has 0 saturated carbocycles. The van der Waals surface area contributed by atoms with Crippen molar-refractivity contribution in [2.24, 2.45) is 0 Å². The second-order valence-electron chi connectivity index (χ2n) is 3.57. The van der Waals surface area contributed by atoms with E-state index >= 15 is 0 Å². The number of aromatic nitrogens is 1. The first kappa shape index (κ1) is 9.68. The Hall–Kier alpha value is -0.870. The Kier molecular flexibility index (Phi) is 2.84. The lowest BCUT2D eigenvalue weighted by molar-refractivity contribution is 0.214. The van der Waals surface area contributed by atoms with Gasteiger partial charge < -0.3 is 15.0 Å². The van der Waals surface area contributed by atoms with E-state index in [0.29, 0.717) is 0 Å². The molecule has 1 unspecified atom stereocenters. The van der Waals surface area contributed by atoms with Gasteiger partial charge in [0.15, 0.2) is 5.88 Å². The Morgan fingerprint density at radius 2 is 2.36 bits per heavy atom. The highest BCUT2D eigenvalue weighted by atomic mass is 32.1. The van der Waals surface area contributed by atoms with E-state index in [4.69, 9.17) is 17.0 Å². The van der Waals surface area contributed by atoms with Crippen LogP contribution in [0.25, 0.3) is 0 Å². The summed E-state index contributed by atoms with van der Waals surface area (Å²) in [6.07, 6.45) is 1.34. The van der Waals surface area contributed by atoms with Gasteiger partial charge in [0.1, 0.15) is 10.7 Å². The summed E-state index contributed by atoms with van der Waals surface area (Å²) in [6, 6.07) is 3.92. The number of hydrogen-bond donors (Lipinski definition) is 2. The predicted molar refractivity (Wildman–Crippen MR) is 58.3 cm³/mol. The summed E-state index contributed by atoms with van der Waals surface area (Å²) in [7, 11) is 0. The van der Waals surface area contributed by atoms with Gasteiger partial charge in [0, 0.05) is 6.54 Å². The second-order valence-corrected chi connectivity index (χ2v) is 3.98. The zero-order chi connectivity index (χ0) is 9.97. The fourth-order valence-electron chi connectivity index (χ4n) is 1.51. The standard InChI is InChI=1S/C10H14N2OS/c1-7-2-3-9(12-10(7)14)13-8-4-5-11-6-8/h2-3,8,11H,4-6H2,1H3,(H,12,14). The summed E-state index contributed by atoms with van der Waals surface area (Å²) in [5.41, 5.74) is 1.08. The van der Waals surface area contributed by atoms with E-state index in [2.05, 4.69) is 10.3 Å². The SMILES string of the molecule is Cc1ccc(OC2CCNC2)[nH]c1=S. The van der Waals surface area contributed by atoms with Crippen LogP contribution >= 0.6 is 12.2 Å². The third kappa shape index (κ3) is 2.13. The van der Waals surface area contributed by atoms with Crippen molar-refractivity contribution in [3.8, 4) is 5.88 Å². The third-order valence-electron chi connectivity index (χ3n) is 2.39. The molecule has 2 N–H and O–H groups in total. The lowest BCUT2D eigenvalue weighted by Gasteiger charge is -2.12. The molecule has 3 nitrogen and oxygen atoms in total. The van der Waals surface area contributed by atoms with Gasteiger partial charge in [-0.1, -0.05) is 18.3 Å². The number of aryl methyl sites for hydroxylation is 1. The van der Waals surface area contributed by atoms with Gasteiger partial charge in [0.05, 0.1) is 0 Å². The molecular weight excluding hydrogens is 196 g/mol. The Balaban J connectivity index is 2.09. The second kappa shape index (κ2) is 4.11. The molecule has 1 aromatic heterocycles. The fraction of sp³-hybridized carbons (Fsp3) is 0.500. The summed E-state index contributed by atoms with van der Waals surface area (Å²) in [4.78, 5) is 3.07. The van der Waals surface area contributed by atoms with Crippen LogP contribution in [-0.2, 0) is 0 Å². The number of H-pyrrole nitrogens is 1. The quantitative estimate of drug-likeness (QED) is 0.731. The highest BCUT2D eigenvalue weighted by Crippen LogP contribution is 2.13. The predicted octanol–water partition coefficient (Wildman–Crippen LogP) is 1.79. The molecule has 0 spiro atoms. The zero-order valence-corrected chi connectivity index (χ0v) is 8.99. The van der Waals surface area contributed by atoms with Crippen LogP contribution < -0.4 is 10.1 Å². The monoisotopic (exact) mass is 210 g/mol. The molecule has 1 aliphatic rings. The highest BCUT2D eigenvalue weighted by Gasteiger charge is 2.15. The average Bonchev–Trinajstić information content (AvgIpc) is 2.64. The van der Waals surface area contributed by atoms with E-state index in [9.17, 15) is 0 Å². The van der Waals surface area contributed by atoms with Crippen molar-refractivity contribution in [3.63, 3.8) is 0 Å². The molecule has 4 heteroatoms. The Labute approximate surface area is 88.5 Å². The summed E-state index contributed by atoms with van der Waals surface area (Å²) in [5.74, 6) is 0.773. The van der Waals surface area contributed by atoms with Gasteiger partial charge in [-0.2, -0.15) is 0 Å². The van der Waals surface area contributed by atoms with E-state index in [1.165, 1.54) is 0 Å². The van der Waals surface area contributed by atoms with Crippen molar-refractivity contribution in [1.29, 1.82) is 0 Å². The van der Waals surface area contributed by atoms with E-state index in [1.54, 1.807) is 0 Å². The minimum atomic E-state index is 0.281. The molecule has 76 valence electrons. The largest absolute Gasteiger partial charge is 0.474 e. The lowest BCUT2D eigenvalue weighted by Crippen LogP contribution is -2.20. The van der Waals surface area contributed by atoms with Crippen molar-refractivity contribution < 1.29 is 4.74 Å². The first-order valence-electron chi connectivity index (χ1n) is 4.83. The first-order valence-corrected chi connectivity index (χ1v) is 5.24. The Morgan fingerprint density at radius 1 is 1.50 bits per heavy atom. The van der Waals surface area contributed by atoms with Crippen LogP contribution in [-0.4, -0.2) is 24.2 Å². The molecular formula is C10H14N2OS.